The minimum absolute atomic E-state index is 0. The van der Waals surface area contributed by atoms with Gasteiger partial charge in [0.2, 0.25) is 0 Å². The first kappa shape index (κ1) is 34.3. The predicted octanol–water partition coefficient (Wildman–Crippen LogP) is 13.6. The van der Waals surface area contributed by atoms with E-state index in [9.17, 15) is 0 Å². The van der Waals surface area contributed by atoms with Crippen LogP contribution in [-0.2, 0) is 20.1 Å². The first-order valence-electron chi connectivity index (χ1n) is 18.1. The molecule has 0 N–H and O–H groups in total. The molecule has 0 atom stereocenters. The maximum absolute atomic E-state index is 6.76. The molecule has 1 radical (unpaired) electrons. The Morgan fingerprint density at radius 3 is 2.02 bits per heavy atom. The van der Waals surface area contributed by atoms with Crippen LogP contribution in [0.2, 0.25) is 0 Å². The number of nitrogens with zero attached hydrogens (tertiary/aromatic N) is 2. The number of hydrogen-bond acceptors (Lipinski definition) is 3. The third-order valence-corrected chi connectivity index (χ3v) is 10.3. The van der Waals surface area contributed by atoms with Gasteiger partial charge in [-0.2, -0.15) is 0 Å². The summed E-state index contributed by atoms with van der Waals surface area (Å²) in [6, 6.07) is 63.6. The van der Waals surface area contributed by atoms with Crippen LogP contribution in [0.3, 0.4) is 0 Å². The van der Waals surface area contributed by atoms with Crippen molar-refractivity contribution in [2.45, 2.75) is 6.92 Å². The fourth-order valence-electron chi connectivity index (χ4n) is 7.64. The van der Waals surface area contributed by atoms with E-state index in [0.717, 1.165) is 61.0 Å². The summed E-state index contributed by atoms with van der Waals surface area (Å²) in [5.41, 5.74) is 8.93. The van der Waals surface area contributed by atoms with Crippen LogP contribution in [0.15, 0.2) is 181 Å². The van der Waals surface area contributed by atoms with Crippen molar-refractivity contribution in [2.24, 2.45) is 0 Å². The average Bonchev–Trinajstić information content (AvgIpc) is 3.65. The smallest absolute Gasteiger partial charge is 0.129 e. The number of furan rings is 1. The standard InChI is InChI=1S/C39H22NO.C12H10N.Ir/c1-2-10-26-22-27(17-16-24(26)8-1)28-19-21-35(40-23-28)32-14-7-15-34-37-33-20-18-25-9-3-4-11-29(25)36(33)30-12-5-6-13-31(30)39(37)41-38(32)34;1-10-5-7-11(8-6-10)12-4-2-3-9-13-12;/h1-13,15-23H;2-7,9H,1H3;/q2*-1;. The van der Waals surface area contributed by atoms with Crippen molar-refractivity contribution in [3.05, 3.63) is 194 Å². The third-order valence-electron chi connectivity index (χ3n) is 10.3. The van der Waals surface area contributed by atoms with Crippen molar-refractivity contribution < 1.29 is 24.5 Å². The summed E-state index contributed by atoms with van der Waals surface area (Å²) in [5.74, 6) is 0. The molecule has 0 saturated carbocycles. The molecule has 0 bridgehead atoms. The minimum atomic E-state index is 0. The molecule has 263 valence electrons. The fourth-order valence-corrected chi connectivity index (χ4v) is 7.64. The van der Waals surface area contributed by atoms with Gasteiger partial charge in [0.15, 0.2) is 0 Å². The minimum Gasteiger partial charge on any atom is -0.500 e. The van der Waals surface area contributed by atoms with Gasteiger partial charge in [0.05, 0.1) is 5.58 Å². The SMILES string of the molecule is Cc1c[c-]c(-c2ccccn2)cc1.[Ir].[c-]1ccc2c(oc3c4ccccc4c4c5ccccc5ccc4c23)c1-c1ccc(-c2ccc3ccccc3c2)cn1. The van der Waals surface area contributed by atoms with E-state index in [1.165, 1.54) is 43.3 Å². The van der Waals surface area contributed by atoms with Gasteiger partial charge in [0, 0.05) is 43.3 Å². The monoisotopic (exact) mass is 881 g/mol. The van der Waals surface area contributed by atoms with E-state index in [1.54, 1.807) is 6.20 Å². The second-order valence-electron chi connectivity index (χ2n) is 13.6. The maximum Gasteiger partial charge on any atom is 0.129 e. The summed E-state index contributed by atoms with van der Waals surface area (Å²) in [6.45, 7) is 2.05. The predicted molar refractivity (Wildman–Crippen MR) is 224 cm³/mol. The molecule has 3 aromatic heterocycles. The van der Waals surface area contributed by atoms with Gasteiger partial charge in [0.1, 0.15) is 5.58 Å². The van der Waals surface area contributed by atoms with Crippen LogP contribution in [-0.4, -0.2) is 9.97 Å². The molecule has 3 heterocycles. The Kier molecular flexibility index (Phi) is 9.00. The topological polar surface area (TPSA) is 38.9 Å². The van der Waals surface area contributed by atoms with Gasteiger partial charge in [-0.1, -0.05) is 139 Å². The van der Waals surface area contributed by atoms with Crippen LogP contribution in [0.1, 0.15) is 5.56 Å². The molecule has 11 aromatic rings. The Bertz CT molecular complexity index is 3150. The largest absolute Gasteiger partial charge is 0.500 e. The number of benzene rings is 8. The number of pyridine rings is 2. The molecule has 0 aliphatic carbocycles. The molecule has 8 aromatic carbocycles. The molecular formula is C51H32IrN2O-2. The Hall–Kier alpha value is -6.45. The van der Waals surface area contributed by atoms with Crippen molar-refractivity contribution in [1.29, 1.82) is 0 Å². The second kappa shape index (κ2) is 14.4. The number of aryl methyl sites for hydroxylation is 1. The van der Waals surface area contributed by atoms with E-state index in [2.05, 4.69) is 151 Å². The van der Waals surface area contributed by atoms with Crippen molar-refractivity contribution >= 4 is 65.0 Å². The summed E-state index contributed by atoms with van der Waals surface area (Å²) >= 11 is 0. The van der Waals surface area contributed by atoms with Gasteiger partial charge >= 0.3 is 0 Å². The van der Waals surface area contributed by atoms with Crippen LogP contribution in [0.5, 0.6) is 0 Å². The van der Waals surface area contributed by atoms with Crippen molar-refractivity contribution in [3.63, 3.8) is 0 Å². The zero-order valence-electron chi connectivity index (χ0n) is 29.9. The van der Waals surface area contributed by atoms with Gasteiger partial charge < -0.3 is 14.4 Å². The average molecular weight is 881 g/mol. The molecule has 0 amide bonds. The van der Waals surface area contributed by atoms with Crippen LogP contribution in [0, 0.1) is 19.1 Å². The summed E-state index contributed by atoms with van der Waals surface area (Å²) < 4.78 is 6.76. The molecule has 0 aliphatic heterocycles. The first-order chi connectivity index (χ1) is 26.7. The number of fused-ring (bicyclic) bond motifs is 11. The van der Waals surface area contributed by atoms with Crippen molar-refractivity contribution in [3.8, 4) is 33.6 Å². The Balaban J connectivity index is 0.000000241. The summed E-state index contributed by atoms with van der Waals surface area (Å²) in [5, 5.41) is 12.0. The first-order valence-corrected chi connectivity index (χ1v) is 18.1. The van der Waals surface area contributed by atoms with E-state index in [1.807, 2.05) is 42.6 Å². The van der Waals surface area contributed by atoms with Crippen LogP contribution < -0.4 is 0 Å². The van der Waals surface area contributed by atoms with Gasteiger partial charge in [-0.25, -0.2) is 0 Å². The molecule has 4 heteroatoms. The maximum atomic E-state index is 6.76. The van der Waals surface area contributed by atoms with E-state index in [4.69, 9.17) is 9.40 Å². The molecular weight excluding hydrogens is 849 g/mol. The van der Waals surface area contributed by atoms with Gasteiger partial charge in [0.25, 0.3) is 0 Å². The van der Waals surface area contributed by atoms with Crippen molar-refractivity contribution in [1.82, 2.24) is 9.97 Å². The normalized spacial score (nSPS) is 11.2. The number of hydrogen-bond donors (Lipinski definition) is 0. The quantitative estimate of drug-likeness (QED) is 0.131. The molecule has 3 nitrogen and oxygen atoms in total. The van der Waals surface area contributed by atoms with Gasteiger partial charge in [-0.3, -0.25) is 0 Å². The van der Waals surface area contributed by atoms with Crippen LogP contribution in [0.4, 0.5) is 0 Å². The molecule has 0 unspecified atom stereocenters. The molecule has 0 fully saturated rings. The Morgan fingerprint density at radius 2 is 1.24 bits per heavy atom. The zero-order valence-corrected chi connectivity index (χ0v) is 32.3. The van der Waals surface area contributed by atoms with E-state index >= 15 is 0 Å². The van der Waals surface area contributed by atoms with E-state index in [0.29, 0.717) is 0 Å². The number of rotatable bonds is 3. The number of aromatic nitrogens is 2. The molecule has 0 saturated heterocycles. The summed E-state index contributed by atoms with van der Waals surface area (Å²) in [7, 11) is 0. The van der Waals surface area contributed by atoms with Crippen molar-refractivity contribution in [2.75, 3.05) is 0 Å². The van der Waals surface area contributed by atoms with E-state index < -0.39 is 0 Å². The Labute approximate surface area is 332 Å². The molecule has 55 heavy (non-hydrogen) atoms. The van der Waals surface area contributed by atoms with Crippen LogP contribution in [0.25, 0.3) is 98.7 Å². The molecule has 0 spiro atoms. The summed E-state index contributed by atoms with van der Waals surface area (Å²) in [4.78, 5) is 9.15. The second-order valence-corrected chi connectivity index (χ2v) is 13.6. The van der Waals surface area contributed by atoms with E-state index in [-0.39, 0.29) is 20.1 Å². The molecule has 11 rings (SSSR count). The zero-order chi connectivity index (χ0) is 36.0. The van der Waals surface area contributed by atoms with Gasteiger partial charge in [-0.15, -0.1) is 53.6 Å². The Morgan fingerprint density at radius 1 is 0.491 bits per heavy atom. The van der Waals surface area contributed by atoms with Crippen LogP contribution >= 0.6 is 0 Å². The fraction of sp³-hybridized carbons (Fsp3) is 0.0196. The third kappa shape index (κ3) is 6.16. The summed E-state index contributed by atoms with van der Waals surface area (Å²) in [6.07, 6.45) is 3.74. The molecule has 0 aliphatic rings. The van der Waals surface area contributed by atoms with Gasteiger partial charge in [-0.05, 0) is 72.4 Å².